The molecule has 1 heterocycles. The van der Waals surface area contributed by atoms with E-state index in [0.29, 0.717) is 34.5 Å². The topological polar surface area (TPSA) is 42.4 Å². The van der Waals surface area contributed by atoms with Gasteiger partial charge in [-0.1, -0.05) is 29.3 Å². The molecule has 0 aliphatic rings. The van der Waals surface area contributed by atoms with Crippen LogP contribution in [0.4, 0.5) is 0 Å². The van der Waals surface area contributed by atoms with E-state index in [9.17, 15) is 4.79 Å². The molecule has 0 aliphatic carbocycles. The molecule has 0 saturated carbocycles. The number of ether oxygens (including phenoxy) is 1. The molecule has 1 aromatic heterocycles. The van der Waals surface area contributed by atoms with Crippen molar-refractivity contribution in [1.29, 1.82) is 0 Å². The molecule has 1 amide bonds. The first-order valence-electron chi connectivity index (χ1n) is 7.82. The molecular weight excluding hydrogens is 391 g/mol. The van der Waals surface area contributed by atoms with Crippen molar-refractivity contribution in [2.75, 3.05) is 7.05 Å². The molecule has 0 N–H and O–H groups in total. The molecule has 7 heteroatoms. The summed E-state index contributed by atoms with van der Waals surface area (Å²) in [4.78, 5) is 18.4. The van der Waals surface area contributed by atoms with Crippen LogP contribution < -0.4 is 4.74 Å². The fourth-order valence-electron chi connectivity index (χ4n) is 2.36. The number of nitrogens with zero attached hydrogens (tertiary/aromatic N) is 2. The molecule has 26 heavy (non-hydrogen) atoms. The van der Waals surface area contributed by atoms with Gasteiger partial charge in [0.15, 0.2) is 0 Å². The van der Waals surface area contributed by atoms with Crippen molar-refractivity contribution < 1.29 is 9.53 Å². The second kappa shape index (κ2) is 8.54. The van der Waals surface area contributed by atoms with Crippen molar-refractivity contribution in [1.82, 2.24) is 9.88 Å². The number of aromatic nitrogens is 1. The Morgan fingerprint density at radius 2 is 1.96 bits per heavy atom. The van der Waals surface area contributed by atoms with Gasteiger partial charge >= 0.3 is 0 Å². The maximum Gasteiger partial charge on any atom is 0.253 e. The monoisotopic (exact) mass is 406 g/mol. The Morgan fingerprint density at radius 1 is 1.19 bits per heavy atom. The van der Waals surface area contributed by atoms with Crippen molar-refractivity contribution in [3.63, 3.8) is 0 Å². The van der Waals surface area contributed by atoms with Crippen LogP contribution in [-0.4, -0.2) is 22.8 Å². The number of amides is 1. The summed E-state index contributed by atoms with van der Waals surface area (Å²) in [6, 6.07) is 12.3. The molecular formula is C19H16Cl2N2O2S. The first-order chi connectivity index (χ1) is 12.5. The summed E-state index contributed by atoms with van der Waals surface area (Å²) in [5.74, 6) is 0.597. The number of carbonyl (C=O) groups is 1. The minimum atomic E-state index is -0.0953. The fraction of sp³-hybridized carbons (Fsp3) is 0.158. The second-order valence-electron chi connectivity index (χ2n) is 5.69. The van der Waals surface area contributed by atoms with Crippen molar-refractivity contribution >= 4 is 40.4 Å². The third-order valence-electron chi connectivity index (χ3n) is 3.74. The Morgan fingerprint density at radius 3 is 2.62 bits per heavy atom. The average molecular weight is 407 g/mol. The fourth-order valence-corrected chi connectivity index (χ4v) is 3.37. The number of hydrogen-bond acceptors (Lipinski definition) is 4. The van der Waals surface area contributed by atoms with E-state index in [1.54, 1.807) is 53.9 Å². The molecule has 0 aliphatic heterocycles. The Bertz CT molecular complexity index is 883. The van der Waals surface area contributed by atoms with Gasteiger partial charge in [0, 0.05) is 34.6 Å². The van der Waals surface area contributed by atoms with Crippen molar-refractivity contribution in [2.24, 2.45) is 0 Å². The van der Waals surface area contributed by atoms with Crippen LogP contribution in [0.25, 0.3) is 0 Å². The quantitative estimate of drug-likeness (QED) is 0.557. The van der Waals surface area contributed by atoms with Gasteiger partial charge in [-0.05, 0) is 42.0 Å². The summed E-state index contributed by atoms with van der Waals surface area (Å²) in [6.07, 6.45) is 0. The van der Waals surface area contributed by atoms with Crippen LogP contribution in [-0.2, 0) is 13.2 Å². The van der Waals surface area contributed by atoms with E-state index < -0.39 is 0 Å². The van der Waals surface area contributed by atoms with Crippen LogP contribution in [0.5, 0.6) is 5.75 Å². The van der Waals surface area contributed by atoms with Gasteiger partial charge in [0.05, 0.1) is 11.2 Å². The van der Waals surface area contributed by atoms with Gasteiger partial charge in [-0.25, -0.2) is 4.98 Å². The van der Waals surface area contributed by atoms with Crippen molar-refractivity contribution in [2.45, 2.75) is 13.2 Å². The highest BCUT2D eigenvalue weighted by Gasteiger charge is 2.14. The third-order valence-corrected chi connectivity index (χ3v) is 4.96. The van der Waals surface area contributed by atoms with Gasteiger partial charge in [-0.2, -0.15) is 0 Å². The molecule has 0 fully saturated rings. The van der Waals surface area contributed by atoms with Gasteiger partial charge < -0.3 is 9.64 Å². The van der Waals surface area contributed by atoms with E-state index in [0.717, 1.165) is 11.3 Å². The Balaban J connectivity index is 1.61. The number of hydrogen-bond donors (Lipinski definition) is 0. The predicted molar refractivity (Wildman–Crippen MR) is 105 cm³/mol. The summed E-state index contributed by atoms with van der Waals surface area (Å²) >= 11 is 13.6. The molecule has 134 valence electrons. The highest BCUT2D eigenvalue weighted by molar-refractivity contribution is 7.07. The van der Waals surface area contributed by atoms with E-state index in [1.165, 1.54) is 11.3 Å². The van der Waals surface area contributed by atoms with Crippen LogP contribution in [0.3, 0.4) is 0 Å². The summed E-state index contributed by atoms with van der Waals surface area (Å²) < 4.78 is 5.66. The maximum absolute atomic E-state index is 12.6. The van der Waals surface area contributed by atoms with E-state index in [4.69, 9.17) is 27.9 Å². The number of rotatable bonds is 6. The van der Waals surface area contributed by atoms with Crippen LogP contribution in [0, 0.1) is 0 Å². The van der Waals surface area contributed by atoms with Gasteiger partial charge in [-0.3, -0.25) is 4.79 Å². The van der Waals surface area contributed by atoms with Crippen molar-refractivity contribution in [3.8, 4) is 5.75 Å². The molecule has 0 radical (unpaired) electrons. The highest BCUT2D eigenvalue weighted by atomic mass is 35.5. The number of halogens is 2. The number of carbonyl (C=O) groups excluding carboxylic acids is 1. The lowest BCUT2D eigenvalue weighted by atomic mass is 10.1. The van der Waals surface area contributed by atoms with Gasteiger partial charge in [0.25, 0.3) is 5.91 Å². The van der Waals surface area contributed by atoms with E-state index >= 15 is 0 Å². The van der Waals surface area contributed by atoms with E-state index in [-0.39, 0.29) is 5.91 Å². The maximum atomic E-state index is 12.6. The molecule has 4 nitrogen and oxygen atoms in total. The normalized spacial score (nSPS) is 10.6. The largest absolute Gasteiger partial charge is 0.487 e. The molecule has 0 saturated heterocycles. The lowest BCUT2D eigenvalue weighted by Gasteiger charge is -2.18. The van der Waals surface area contributed by atoms with Crippen LogP contribution in [0.1, 0.15) is 21.6 Å². The Kier molecular flexibility index (Phi) is 6.14. The predicted octanol–water partition coefficient (Wildman–Crippen LogP) is 5.30. The molecule has 0 unspecified atom stereocenters. The molecule has 2 aromatic carbocycles. The number of benzene rings is 2. The molecule has 0 bridgehead atoms. The Labute approximate surface area is 166 Å². The zero-order valence-corrected chi connectivity index (χ0v) is 16.3. The second-order valence-corrected chi connectivity index (χ2v) is 7.25. The van der Waals surface area contributed by atoms with E-state index in [2.05, 4.69) is 4.98 Å². The molecule has 0 spiro atoms. The lowest BCUT2D eigenvalue weighted by molar-refractivity contribution is 0.0785. The van der Waals surface area contributed by atoms with Gasteiger partial charge in [-0.15, -0.1) is 11.3 Å². The van der Waals surface area contributed by atoms with E-state index in [1.807, 2.05) is 11.4 Å². The zero-order chi connectivity index (χ0) is 18.5. The minimum absolute atomic E-state index is 0.0953. The lowest BCUT2D eigenvalue weighted by Crippen LogP contribution is -2.26. The minimum Gasteiger partial charge on any atom is -0.487 e. The number of thiazole rings is 1. The van der Waals surface area contributed by atoms with Crippen LogP contribution in [0.2, 0.25) is 10.0 Å². The summed E-state index contributed by atoms with van der Waals surface area (Å²) in [5, 5.41) is 3.05. The molecule has 3 rings (SSSR count). The smallest absolute Gasteiger partial charge is 0.253 e. The van der Waals surface area contributed by atoms with Gasteiger partial charge in [0.1, 0.15) is 12.4 Å². The SMILES string of the molecule is CN(Cc1ccc(Cl)cc1Cl)C(=O)c1ccc(OCc2cscn2)cc1. The standard InChI is InChI=1S/C19H16Cl2N2O2S/c1-23(9-14-2-5-15(20)8-18(14)21)19(24)13-3-6-17(7-4-13)25-10-16-11-26-12-22-16/h2-8,11-12H,9-10H2,1H3. The third kappa shape index (κ3) is 4.75. The van der Waals surface area contributed by atoms with Crippen molar-refractivity contribution in [3.05, 3.63) is 80.2 Å². The molecule has 3 aromatic rings. The first-order valence-corrected chi connectivity index (χ1v) is 9.52. The summed E-state index contributed by atoms with van der Waals surface area (Å²) in [7, 11) is 1.74. The van der Waals surface area contributed by atoms with Crippen LogP contribution >= 0.6 is 34.5 Å². The van der Waals surface area contributed by atoms with Crippen LogP contribution in [0.15, 0.2) is 53.4 Å². The summed E-state index contributed by atoms with van der Waals surface area (Å²) in [6.45, 7) is 0.808. The zero-order valence-electron chi connectivity index (χ0n) is 14.0. The summed E-state index contributed by atoms with van der Waals surface area (Å²) in [5.41, 5.74) is 4.08. The average Bonchev–Trinajstić information content (AvgIpc) is 3.15. The Hall–Kier alpha value is -2.08. The molecule has 0 atom stereocenters. The van der Waals surface area contributed by atoms with Gasteiger partial charge in [0.2, 0.25) is 0 Å². The first kappa shape index (κ1) is 18.7. The highest BCUT2D eigenvalue weighted by Crippen LogP contribution is 2.23.